The maximum absolute atomic E-state index is 9.52. The molecule has 8 nitrogen and oxygen atoms in total. The Balaban J connectivity index is 1.89. The van der Waals surface area contributed by atoms with E-state index in [4.69, 9.17) is 0 Å². The molecule has 0 radical (unpaired) electrons. The highest BCUT2D eigenvalue weighted by Crippen LogP contribution is 2.20. The van der Waals surface area contributed by atoms with Gasteiger partial charge in [0.1, 0.15) is 6.73 Å². The van der Waals surface area contributed by atoms with Crippen molar-refractivity contribution in [2.45, 2.75) is 19.9 Å². The van der Waals surface area contributed by atoms with E-state index in [9.17, 15) is 5.11 Å². The lowest BCUT2D eigenvalue weighted by Crippen LogP contribution is -2.27. The summed E-state index contributed by atoms with van der Waals surface area (Å²) in [4.78, 5) is 10.6. The number of nitrogens with zero attached hydrogens (tertiary/aromatic N) is 5. The van der Waals surface area contributed by atoms with Crippen molar-refractivity contribution in [3.8, 4) is 0 Å². The van der Waals surface area contributed by atoms with Crippen LogP contribution < -0.4 is 10.2 Å². The Morgan fingerprint density at radius 1 is 1.22 bits per heavy atom. The van der Waals surface area contributed by atoms with E-state index in [0.717, 1.165) is 12.0 Å². The molecule has 0 aliphatic rings. The molecule has 3 N–H and O–H groups in total. The number of hydrogen-bond acceptors (Lipinski definition) is 7. The van der Waals surface area contributed by atoms with Crippen LogP contribution in [-0.4, -0.2) is 43.8 Å². The minimum absolute atomic E-state index is 0.140. The van der Waals surface area contributed by atoms with E-state index in [0.29, 0.717) is 36.0 Å². The Bertz CT molecular complexity index is 759. The van der Waals surface area contributed by atoms with Gasteiger partial charge in [-0.3, -0.25) is 0 Å². The van der Waals surface area contributed by atoms with Gasteiger partial charge in [0.15, 0.2) is 17.0 Å². The summed E-state index contributed by atoms with van der Waals surface area (Å²) < 4.78 is 0. The highest BCUT2D eigenvalue weighted by atomic mass is 16.3. The lowest BCUT2D eigenvalue weighted by Gasteiger charge is -2.19. The molecular formula is C15H19N7O. The topological polar surface area (TPSA) is 103 Å². The highest BCUT2D eigenvalue weighted by Gasteiger charge is 2.15. The van der Waals surface area contributed by atoms with Gasteiger partial charge >= 0.3 is 0 Å². The van der Waals surface area contributed by atoms with Crippen LogP contribution in [0, 0.1) is 0 Å². The first-order chi connectivity index (χ1) is 11.3. The van der Waals surface area contributed by atoms with Crippen LogP contribution in [0.5, 0.6) is 0 Å². The number of aromatic nitrogens is 5. The van der Waals surface area contributed by atoms with Gasteiger partial charge < -0.3 is 15.3 Å². The minimum Gasteiger partial charge on any atom is -0.376 e. The molecule has 0 bridgehead atoms. The van der Waals surface area contributed by atoms with Crippen LogP contribution in [0.15, 0.2) is 30.3 Å². The molecule has 23 heavy (non-hydrogen) atoms. The lowest BCUT2D eigenvalue weighted by molar-refractivity contribution is 0.288. The molecular weight excluding hydrogens is 294 g/mol. The van der Waals surface area contributed by atoms with Crippen LogP contribution in [0.3, 0.4) is 0 Å². The Morgan fingerprint density at radius 3 is 2.78 bits per heavy atom. The number of nitrogens with one attached hydrogen (secondary N) is 2. The third-order valence-corrected chi connectivity index (χ3v) is 3.43. The second kappa shape index (κ2) is 7.01. The normalized spacial score (nSPS) is 10.9. The zero-order chi connectivity index (χ0) is 16.1. The summed E-state index contributed by atoms with van der Waals surface area (Å²) in [5.41, 5.74) is 2.26. The van der Waals surface area contributed by atoms with Gasteiger partial charge in [0.05, 0.1) is 0 Å². The molecule has 0 spiro atoms. The Labute approximate surface area is 133 Å². The number of aliphatic hydroxyl groups is 1. The molecule has 0 saturated carbocycles. The van der Waals surface area contributed by atoms with Crippen LogP contribution in [0.25, 0.3) is 11.2 Å². The van der Waals surface area contributed by atoms with Crippen molar-refractivity contribution in [1.29, 1.82) is 0 Å². The summed E-state index contributed by atoms with van der Waals surface area (Å²) in [7, 11) is 0. The van der Waals surface area contributed by atoms with E-state index >= 15 is 0 Å². The van der Waals surface area contributed by atoms with Crippen molar-refractivity contribution in [3.63, 3.8) is 0 Å². The third kappa shape index (κ3) is 3.37. The number of benzene rings is 1. The van der Waals surface area contributed by atoms with Crippen LogP contribution in [0.4, 0.5) is 11.8 Å². The van der Waals surface area contributed by atoms with E-state index in [2.05, 4.69) is 30.7 Å². The molecule has 0 aliphatic carbocycles. The summed E-state index contributed by atoms with van der Waals surface area (Å²) >= 11 is 0. The maximum Gasteiger partial charge on any atom is 0.231 e. The molecule has 2 aromatic heterocycles. The van der Waals surface area contributed by atoms with Gasteiger partial charge in [-0.2, -0.15) is 9.97 Å². The number of aromatic amines is 1. The van der Waals surface area contributed by atoms with Gasteiger partial charge in [0.2, 0.25) is 5.95 Å². The summed E-state index contributed by atoms with van der Waals surface area (Å²) in [6.07, 6.45) is 0.885. The summed E-state index contributed by atoms with van der Waals surface area (Å²) in [6, 6.07) is 10.0. The first-order valence-electron chi connectivity index (χ1n) is 7.54. The monoisotopic (exact) mass is 313 g/mol. The Hall–Kier alpha value is -2.74. The molecule has 0 atom stereocenters. The highest BCUT2D eigenvalue weighted by molar-refractivity contribution is 5.83. The van der Waals surface area contributed by atoms with Crippen LogP contribution >= 0.6 is 0 Å². The Morgan fingerprint density at radius 2 is 2.04 bits per heavy atom. The smallest absolute Gasteiger partial charge is 0.231 e. The zero-order valence-electron chi connectivity index (χ0n) is 12.9. The quantitative estimate of drug-likeness (QED) is 0.568. The molecule has 3 aromatic rings. The first-order valence-corrected chi connectivity index (χ1v) is 7.54. The lowest BCUT2D eigenvalue weighted by atomic mass is 10.2. The average Bonchev–Trinajstić information content (AvgIpc) is 3.07. The van der Waals surface area contributed by atoms with E-state index in [1.165, 1.54) is 0 Å². The van der Waals surface area contributed by atoms with Crippen LogP contribution in [-0.2, 0) is 6.54 Å². The summed E-state index contributed by atoms with van der Waals surface area (Å²) in [5, 5.41) is 23.4. The van der Waals surface area contributed by atoms with Crippen molar-refractivity contribution in [2.24, 2.45) is 0 Å². The number of H-pyrrole nitrogens is 1. The molecule has 1 aromatic carbocycles. The summed E-state index contributed by atoms with van der Waals surface area (Å²) in [5.74, 6) is 1.04. The third-order valence-electron chi connectivity index (χ3n) is 3.43. The predicted molar refractivity (Wildman–Crippen MR) is 88.0 cm³/mol. The average molecular weight is 313 g/mol. The van der Waals surface area contributed by atoms with E-state index in [1.807, 2.05) is 37.3 Å². The Kier molecular flexibility index (Phi) is 4.62. The fraction of sp³-hybridized carbons (Fsp3) is 0.333. The van der Waals surface area contributed by atoms with Crippen molar-refractivity contribution in [2.75, 3.05) is 23.5 Å². The second-order valence-corrected chi connectivity index (χ2v) is 5.13. The molecule has 0 aliphatic heterocycles. The molecule has 0 fully saturated rings. The number of hydrogen-bond donors (Lipinski definition) is 3. The first kappa shape index (κ1) is 15.2. The van der Waals surface area contributed by atoms with Gasteiger partial charge in [0.25, 0.3) is 0 Å². The van der Waals surface area contributed by atoms with Crippen molar-refractivity contribution in [3.05, 3.63) is 35.9 Å². The second-order valence-electron chi connectivity index (χ2n) is 5.13. The zero-order valence-corrected chi connectivity index (χ0v) is 12.9. The molecule has 3 rings (SSSR count). The molecule has 120 valence electrons. The number of aliphatic hydroxyl groups excluding tert-OH is 1. The molecule has 8 heteroatoms. The van der Waals surface area contributed by atoms with Crippen molar-refractivity contribution >= 4 is 22.9 Å². The molecule has 0 unspecified atom stereocenters. The number of rotatable bonds is 7. The van der Waals surface area contributed by atoms with Gasteiger partial charge in [-0.15, -0.1) is 5.10 Å². The number of anilines is 2. The van der Waals surface area contributed by atoms with Gasteiger partial charge in [-0.25, -0.2) is 5.10 Å². The van der Waals surface area contributed by atoms with E-state index in [1.54, 1.807) is 4.90 Å². The molecule has 0 saturated heterocycles. The van der Waals surface area contributed by atoms with Gasteiger partial charge in [0, 0.05) is 13.1 Å². The van der Waals surface area contributed by atoms with E-state index < -0.39 is 0 Å². The molecule has 0 amide bonds. The fourth-order valence-corrected chi connectivity index (χ4v) is 2.29. The van der Waals surface area contributed by atoms with Crippen molar-refractivity contribution < 1.29 is 5.11 Å². The van der Waals surface area contributed by atoms with Gasteiger partial charge in [-0.1, -0.05) is 42.5 Å². The maximum atomic E-state index is 9.52. The minimum atomic E-state index is -0.140. The van der Waals surface area contributed by atoms with Crippen molar-refractivity contribution in [1.82, 2.24) is 25.4 Å². The van der Waals surface area contributed by atoms with Crippen LogP contribution in [0.1, 0.15) is 18.9 Å². The standard InChI is InChI=1S/C15H19N7O/c1-2-8-22(10-23)15-17-13(12-14(18-15)20-21-19-12)16-9-11-6-4-3-5-7-11/h3-7,23H,2,8-10H2,1H3,(H2,16,17,18,19,20,21). The van der Waals surface area contributed by atoms with Crippen LogP contribution in [0.2, 0.25) is 0 Å². The SMILES string of the molecule is CCCN(CO)c1nc(NCc2ccccc2)c2nn[nH]c2n1. The predicted octanol–water partition coefficient (Wildman–Crippen LogP) is 1.53. The fourth-order valence-electron chi connectivity index (χ4n) is 2.29. The largest absolute Gasteiger partial charge is 0.376 e. The van der Waals surface area contributed by atoms with Gasteiger partial charge in [-0.05, 0) is 12.0 Å². The van der Waals surface area contributed by atoms with E-state index in [-0.39, 0.29) is 6.73 Å². The molecule has 2 heterocycles. The summed E-state index contributed by atoms with van der Waals surface area (Å²) in [6.45, 7) is 3.18. The number of fused-ring (bicyclic) bond motifs is 1.